The van der Waals surface area contributed by atoms with Crippen molar-refractivity contribution in [2.45, 2.75) is 0 Å². The smallest absolute Gasteiger partial charge is 0.298 e. The molecular formula is C11H9NO4. The summed E-state index contributed by atoms with van der Waals surface area (Å²) in [7, 11) is 1.59. The minimum absolute atomic E-state index is 0.292. The van der Waals surface area contributed by atoms with E-state index in [1.165, 1.54) is 6.26 Å². The predicted octanol–water partition coefficient (Wildman–Crippen LogP) is 1.89. The van der Waals surface area contributed by atoms with E-state index in [0.29, 0.717) is 17.9 Å². The maximum Gasteiger partial charge on any atom is 0.298 e. The van der Waals surface area contributed by atoms with E-state index < -0.39 is 0 Å². The maximum absolute atomic E-state index is 10.2. The number of hydrogen-bond donors (Lipinski definition) is 0. The van der Waals surface area contributed by atoms with E-state index in [0.717, 1.165) is 11.3 Å². The highest BCUT2D eigenvalue weighted by atomic mass is 16.5. The second kappa shape index (κ2) is 4.48. The number of benzene rings is 1. The number of carbonyl (C=O) groups excluding carboxylic acids is 1. The fourth-order valence-corrected chi connectivity index (χ4v) is 1.31. The van der Waals surface area contributed by atoms with Gasteiger partial charge in [-0.2, -0.15) is 0 Å². The first-order valence-corrected chi connectivity index (χ1v) is 4.54. The zero-order valence-corrected chi connectivity index (χ0v) is 8.54. The number of methoxy groups -OCH3 is 1. The third-order valence-electron chi connectivity index (χ3n) is 2.08. The van der Waals surface area contributed by atoms with Crippen molar-refractivity contribution in [1.29, 1.82) is 0 Å². The molecule has 0 atom stereocenters. The van der Waals surface area contributed by atoms with Gasteiger partial charge in [0, 0.05) is 5.56 Å². The monoisotopic (exact) mass is 219 g/mol. The van der Waals surface area contributed by atoms with Gasteiger partial charge < -0.3 is 14.0 Å². The summed E-state index contributed by atoms with van der Waals surface area (Å²) in [4.78, 5) is 10.2. The first-order valence-electron chi connectivity index (χ1n) is 4.54. The van der Waals surface area contributed by atoms with E-state index in [1.807, 2.05) is 0 Å². The van der Waals surface area contributed by atoms with Crippen molar-refractivity contribution in [2.24, 2.45) is 0 Å². The molecule has 5 nitrogen and oxygen atoms in total. The second-order valence-electron chi connectivity index (χ2n) is 2.97. The van der Waals surface area contributed by atoms with Crippen LogP contribution in [0.1, 0.15) is 0 Å². The van der Waals surface area contributed by atoms with Gasteiger partial charge >= 0.3 is 0 Å². The number of ether oxygens (including phenoxy) is 2. The predicted molar refractivity (Wildman–Crippen MR) is 55.2 cm³/mol. The van der Waals surface area contributed by atoms with Gasteiger partial charge in [0.25, 0.3) is 6.47 Å². The van der Waals surface area contributed by atoms with Crippen molar-refractivity contribution in [1.82, 2.24) is 5.16 Å². The largest absolute Gasteiger partial charge is 0.497 e. The van der Waals surface area contributed by atoms with Gasteiger partial charge in [-0.05, 0) is 24.3 Å². The molecule has 0 spiro atoms. The lowest BCUT2D eigenvalue weighted by Gasteiger charge is -2.01. The lowest BCUT2D eigenvalue weighted by Crippen LogP contribution is -1.89. The highest BCUT2D eigenvalue weighted by Crippen LogP contribution is 2.29. The Balaban J connectivity index is 2.34. The van der Waals surface area contributed by atoms with Crippen LogP contribution in [0.3, 0.4) is 0 Å². The average molecular weight is 219 g/mol. The van der Waals surface area contributed by atoms with Gasteiger partial charge in [0.2, 0.25) is 0 Å². The molecule has 1 aromatic carbocycles. The molecule has 0 saturated heterocycles. The van der Waals surface area contributed by atoms with Crippen LogP contribution >= 0.6 is 0 Å². The Bertz CT molecular complexity index is 475. The summed E-state index contributed by atoms with van der Waals surface area (Å²) in [6.07, 6.45) is 1.27. The molecule has 0 radical (unpaired) electrons. The molecule has 0 aliphatic rings. The van der Waals surface area contributed by atoms with Crippen LogP contribution in [0.2, 0.25) is 0 Å². The summed E-state index contributed by atoms with van der Waals surface area (Å²) in [6, 6.07) is 7.17. The van der Waals surface area contributed by atoms with Crippen molar-refractivity contribution < 1.29 is 18.8 Å². The third kappa shape index (κ3) is 1.88. The molecule has 0 N–H and O–H groups in total. The molecule has 0 bridgehead atoms. The van der Waals surface area contributed by atoms with Crippen LogP contribution in [0.25, 0.3) is 11.3 Å². The van der Waals surface area contributed by atoms with E-state index in [2.05, 4.69) is 5.16 Å². The van der Waals surface area contributed by atoms with Gasteiger partial charge in [-0.25, -0.2) is 0 Å². The molecule has 0 unspecified atom stereocenters. The van der Waals surface area contributed by atoms with Gasteiger partial charge in [0.1, 0.15) is 5.75 Å². The number of rotatable bonds is 4. The van der Waals surface area contributed by atoms with Crippen molar-refractivity contribution in [3.8, 4) is 22.8 Å². The molecule has 5 heteroatoms. The number of hydrogen-bond acceptors (Lipinski definition) is 5. The van der Waals surface area contributed by atoms with Gasteiger partial charge in [0.15, 0.2) is 17.7 Å². The van der Waals surface area contributed by atoms with Gasteiger partial charge in [-0.1, -0.05) is 5.16 Å². The quantitative estimate of drug-likeness (QED) is 0.735. The number of nitrogens with zero attached hydrogens (tertiary/aromatic N) is 1. The van der Waals surface area contributed by atoms with Crippen LogP contribution in [-0.2, 0) is 4.79 Å². The van der Waals surface area contributed by atoms with Crippen LogP contribution in [0.5, 0.6) is 11.5 Å². The lowest BCUT2D eigenvalue weighted by molar-refractivity contribution is -0.120. The van der Waals surface area contributed by atoms with Crippen molar-refractivity contribution >= 4 is 6.47 Å². The van der Waals surface area contributed by atoms with Crippen LogP contribution < -0.4 is 9.47 Å². The molecule has 1 aromatic heterocycles. The molecule has 0 fully saturated rings. The van der Waals surface area contributed by atoms with Crippen LogP contribution in [0, 0.1) is 0 Å². The Morgan fingerprint density at radius 2 is 2.06 bits per heavy atom. The first-order chi connectivity index (χ1) is 7.85. The summed E-state index contributed by atoms with van der Waals surface area (Å²) in [5.41, 5.74) is 1.26. The topological polar surface area (TPSA) is 61.6 Å². The Kier molecular flexibility index (Phi) is 2.86. The molecule has 2 aromatic rings. The fourth-order valence-electron chi connectivity index (χ4n) is 1.31. The molecule has 0 aliphatic carbocycles. The van der Waals surface area contributed by atoms with E-state index in [1.54, 1.807) is 31.4 Å². The second-order valence-corrected chi connectivity index (χ2v) is 2.97. The van der Waals surface area contributed by atoms with Crippen molar-refractivity contribution in [3.63, 3.8) is 0 Å². The Morgan fingerprint density at radius 1 is 1.31 bits per heavy atom. The number of carbonyl (C=O) groups is 1. The minimum atomic E-state index is 0.292. The van der Waals surface area contributed by atoms with Gasteiger partial charge in [-0.15, -0.1) is 0 Å². The standard InChI is InChI=1S/C11H9NO4/c1-14-9-4-2-8(3-5-9)11-10(15-7-13)6-16-12-11/h2-7H,1H3. The Labute approximate surface area is 91.6 Å². The first kappa shape index (κ1) is 10.2. The summed E-state index contributed by atoms with van der Waals surface area (Å²) < 4.78 is 14.5. The summed E-state index contributed by atoms with van der Waals surface area (Å²) >= 11 is 0. The van der Waals surface area contributed by atoms with E-state index >= 15 is 0 Å². The van der Waals surface area contributed by atoms with Gasteiger partial charge in [-0.3, -0.25) is 4.79 Å². The lowest BCUT2D eigenvalue weighted by atomic mass is 10.1. The molecule has 0 amide bonds. The fraction of sp³-hybridized carbons (Fsp3) is 0.0909. The van der Waals surface area contributed by atoms with E-state index in [4.69, 9.17) is 14.0 Å². The van der Waals surface area contributed by atoms with Crippen LogP contribution in [0.15, 0.2) is 35.1 Å². The zero-order chi connectivity index (χ0) is 11.4. The molecule has 16 heavy (non-hydrogen) atoms. The third-order valence-corrected chi connectivity index (χ3v) is 2.08. The van der Waals surface area contributed by atoms with Crippen LogP contribution in [0.4, 0.5) is 0 Å². The SMILES string of the molecule is COc1ccc(-c2nocc2OC=O)cc1. The summed E-state index contributed by atoms with van der Waals surface area (Å²) in [5.74, 6) is 1.03. The molecule has 0 saturated carbocycles. The molecule has 0 aliphatic heterocycles. The molecule has 82 valence electrons. The van der Waals surface area contributed by atoms with E-state index in [-0.39, 0.29) is 0 Å². The normalized spacial score (nSPS) is 9.81. The summed E-state index contributed by atoms with van der Waals surface area (Å²) in [6.45, 7) is 0.333. The molecule has 2 rings (SSSR count). The van der Waals surface area contributed by atoms with Crippen LogP contribution in [-0.4, -0.2) is 18.7 Å². The summed E-state index contributed by atoms with van der Waals surface area (Å²) in [5, 5.41) is 3.76. The zero-order valence-electron chi connectivity index (χ0n) is 8.54. The Hall–Kier alpha value is -2.30. The van der Waals surface area contributed by atoms with Crippen molar-refractivity contribution in [3.05, 3.63) is 30.5 Å². The van der Waals surface area contributed by atoms with Gasteiger partial charge in [0.05, 0.1) is 7.11 Å². The van der Waals surface area contributed by atoms with Crippen molar-refractivity contribution in [2.75, 3.05) is 7.11 Å². The molecular weight excluding hydrogens is 210 g/mol. The Morgan fingerprint density at radius 3 is 2.69 bits per heavy atom. The van der Waals surface area contributed by atoms with E-state index in [9.17, 15) is 4.79 Å². The highest BCUT2D eigenvalue weighted by molar-refractivity contribution is 5.67. The maximum atomic E-state index is 10.2. The highest BCUT2D eigenvalue weighted by Gasteiger charge is 2.11. The average Bonchev–Trinajstić information content (AvgIpc) is 2.78. The molecule has 1 heterocycles. The minimum Gasteiger partial charge on any atom is -0.497 e. The number of aromatic nitrogens is 1.